The fourth-order valence-corrected chi connectivity index (χ4v) is 1.34. The first-order valence-corrected chi connectivity index (χ1v) is 5.21. The van der Waals surface area contributed by atoms with E-state index >= 15 is 0 Å². The Morgan fingerprint density at radius 2 is 1.75 bits per heavy atom. The summed E-state index contributed by atoms with van der Waals surface area (Å²) in [5.41, 5.74) is 5.52. The van der Waals surface area contributed by atoms with E-state index in [2.05, 4.69) is 4.74 Å². The van der Waals surface area contributed by atoms with Gasteiger partial charge in [0.25, 0.3) is 0 Å². The van der Waals surface area contributed by atoms with Crippen LogP contribution in [0.1, 0.15) is 18.0 Å². The molecule has 116 valence electrons. The molecule has 0 aliphatic heterocycles. The maximum Gasteiger partial charge on any atom is 0.461 e. The first kappa shape index (κ1) is 18.9. The van der Waals surface area contributed by atoms with Gasteiger partial charge in [0.15, 0.2) is 0 Å². The van der Waals surface area contributed by atoms with Crippen LogP contribution in [0.25, 0.3) is 0 Å². The van der Waals surface area contributed by atoms with Crippen molar-refractivity contribution in [2.24, 2.45) is 5.73 Å². The van der Waals surface area contributed by atoms with Gasteiger partial charge < -0.3 is 10.5 Å². The van der Waals surface area contributed by atoms with Crippen LogP contribution in [0, 0.1) is 0 Å². The zero-order valence-electron chi connectivity index (χ0n) is 9.91. The van der Waals surface area contributed by atoms with Crippen LogP contribution < -0.4 is 10.5 Å². The second kappa shape index (κ2) is 7.58. The van der Waals surface area contributed by atoms with Crippen LogP contribution >= 0.6 is 12.4 Å². The monoisotopic (exact) mass is 323 g/mol. The minimum absolute atomic E-state index is 0. The third-order valence-electron chi connectivity index (χ3n) is 2.23. The standard InChI is InChI=1S/C11H11F6NO.ClH/c12-9(13)5-8(18)6-2-1-3-7(4-6)19-11(16,17)10(14)15;/h1-4,8-10H,5,18H2;1H/t8-;/m1./s1. The van der Waals surface area contributed by atoms with Crippen LogP contribution in [0.5, 0.6) is 5.75 Å². The third kappa shape index (κ3) is 5.46. The van der Waals surface area contributed by atoms with Gasteiger partial charge >= 0.3 is 12.5 Å². The molecule has 0 unspecified atom stereocenters. The van der Waals surface area contributed by atoms with Gasteiger partial charge in [0, 0.05) is 12.5 Å². The van der Waals surface area contributed by atoms with Crippen LogP contribution in [0.15, 0.2) is 24.3 Å². The van der Waals surface area contributed by atoms with Gasteiger partial charge in [-0.15, -0.1) is 12.4 Å². The van der Waals surface area contributed by atoms with Crippen molar-refractivity contribution < 1.29 is 31.1 Å². The summed E-state index contributed by atoms with van der Waals surface area (Å²) in [4.78, 5) is 0. The Balaban J connectivity index is 0.00000361. The number of ether oxygens (including phenoxy) is 1. The molecule has 2 N–H and O–H groups in total. The number of rotatable bonds is 6. The average molecular weight is 324 g/mol. The molecule has 0 aromatic heterocycles. The maximum atomic E-state index is 12.7. The molecule has 0 amide bonds. The van der Waals surface area contributed by atoms with Crippen LogP contribution in [-0.4, -0.2) is 19.0 Å². The molecule has 0 aliphatic carbocycles. The van der Waals surface area contributed by atoms with Crippen LogP contribution in [-0.2, 0) is 0 Å². The molecule has 0 heterocycles. The number of benzene rings is 1. The van der Waals surface area contributed by atoms with Gasteiger partial charge in [0.2, 0.25) is 6.43 Å². The predicted octanol–water partition coefficient (Wildman–Crippen LogP) is 4.00. The van der Waals surface area contributed by atoms with E-state index in [4.69, 9.17) is 5.73 Å². The molecular weight excluding hydrogens is 312 g/mol. The summed E-state index contributed by atoms with van der Waals surface area (Å²) in [6.45, 7) is 0. The quantitative estimate of drug-likeness (QED) is 0.803. The van der Waals surface area contributed by atoms with Crippen molar-refractivity contribution in [3.8, 4) is 5.75 Å². The summed E-state index contributed by atoms with van der Waals surface area (Å²) in [6, 6.07) is 3.37. The molecule has 0 saturated carbocycles. The van der Waals surface area contributed by atoms with E-state index in [9.17, 15) is 26.3 Å². The minimum Gasteiger partial charge on any atom is -0.428 e. The highest BCUT2D eigenvalue weighted by atomic mass is 35.5. The molecule has 0 saturated heterocycles. The largest absolute Gasteiger partial charge is 0.461 e. The summed E-state index contributed by atoms with van der Waals surface area (Å²) in [5.74, 6) is -0.562. The van der Waals surface area contributed by atoms with Crippen molar-refractivity contribution in [2.45, 2.75) is 31.4 Å². The topological polar surface area (TPSA) is 35.2 Å². The van der Waals surface area contributed by atoms with Crippen LogP contribution in [0.2, 0.25) is 0 Å². The Bertz CT molecular complexity index is 418. The van der Waals surface area contributed by atoms with Gasteiger partial charge in [-0.25, -0.2) is 8.78 Å². The van der Waals surface area contributed by atoms with E-state index < -0.39 is 37.2 Å². The summed E-state index contributed by atoms with van der Waals surface area (Å²) in [7, 11) is 0. The Morgan fingerprint density at radius 3 is 2.25 bits per heavy atom. The number of alkyl halides is 6. The lowest BCUT2D eigenvalue weighted by molar-refractivity contribution is -0.253. The van der Waals surface area contributed by atoms with E-state index in [1.807, 2.05) is 0 Å². The van der Waals surface area contributed by atoms with E-state index in [1.165, 1.54) is 12.1 Å². The fraction of sp³-hybridized carbons (Fsp3) is 0.455. The van der Waals surface area contributed by atoms with Gasteiger partial charge in [-0.3, -0.25) is 0 Å². The van der Waals surface area contributed by atoms with Gasteiger partial charge in [-0.2, -0.15) is 17.6 Å². The number of halogens is 7. The molecule has 20 heavy (non-hydrogen) atoms. The molecule has 1 aromatic rings. The van der Waals surface area contributed by atoms with E-state index in [0.717, 1.165) is 12.1 Å². The average Bonchev–Trinajstić information content (AvgIpc) is 2.27. The molecule has 0 spiro atoms. The number of hydrogen-bond acceptors (Lipinski definition) is 2. The molecule has 1 aromatic carbocycles. The van der Waals surface area contributed by atoms with Gasteiger partial charge in [-0.1, -0.05) is 12.1 Å². The first-order valence-electron chi connectivity index (χ1n) is 5.21. The van der Waals surface area contributed by atoms with Gasteiger partial charge in [0.1, 0.15) is 5.75 Å². The zero-order chi connectivity index (χ0) is 14.6. The molecule has 2 nitrogen and oxygen atoms in total. The minimum atomic E-state index is -4.65. The van der Waals surface area contributed by atoms with Crippen molar-refractivity contribution in [3.63, 3.8) is 0 Å². The second-order valence-corrected chi connectivity index (χ2v) is 3.77. The highest BCUT2D eigenvalue weighted by Gasteiger charge is 2.44. The van der Waals surface area contributed by atoms with Crippen molar-refractivity contribution in [3.05, 3.63) is 29.8 Å². The molecule has 0 radical (unpaired) electrons. The van der Waals surface area contributed by atoms with E-state index in [-0.39, 0.29) is 18.0 Å². The fourth-order valence-electron chi connectivity index (χ4n) is 1.34. The molecule has 9 heteroatoms. The summed E-state index contributed by atoms with van der Waals surface area (Å²) < 4.78 is 77.2. The normalized spacial score (nSPS) is 13.2. The van der Waals surface area contributed by atoms with E-state index in [0.29, 0.717) is 0 Å². The highest BCUT2D eigenvalue weighted by Crippen LogP contribution is 2.29. The van der Waals surface area contributed by atoms with Crippen molar-refractivity contribution in [1.82, 2.24) is 0 Å². The smallest absolute Gasteiger partial charge is 0.428 e. The Hall–Kier alpha value is -1.15. The van der Waals surface area contributed by atoms with Crippen LogP contribution in [0.3, 0.4) is 0 Å². The Kier molecular flexibility index (Phi) is 7.15. The van der Waals surface area contributed by atoms with Crippen LogP contribution in [0.4, 0.5) is 26.3 Å². The third-order valence-corrected chi connectivity index (χ3v) is 2.23. The van der Waals surface area contributed by atoms with E-state index in [1.54, 1.807) is 0 Å². The summed E-state index contributed by atoms with van der Waals surface area (Å²) >= 11 is 0. The maximum absolute atomic E-state index is 12.7. The number of hydrogen-bond donors (Lipinski definition) is 1. The first-order chi connectivity index (χ1) is 8.72. The SMILES string of the molecule is Cl.N[C@H](CC(F)F)c1cccc(OC(F)(F)C(F)F)c1. The van der Waals surface area contributed by atoms with Crippen molar-refractivity contribution in [1.29, 1.82) is 0 Å². The lowest BCUT2D eigenvalue weighted by atomic mass is 10.0. The summed E-state index contributed by atoms with van der Waals surface area (Å²) in [5, 5.41) is 0. The molecule has 0 bridgehead atoms. The molecule has 1 atom stereocenters. The van der Waals surface area contributed by atoms with Crippen molar-refractivity contribution >= 4 is 12.4 Å². The Labute approximate surface area is 117 Å². The zero-order valence-corrected chi connectivity index (χ0v) is 10.7. The number of nitrogens with two attached hydrogens (primary N) is 1. The molecule has 0 aliphatic rings. The van der Waals surface area contributed by atoms with Crippen molar-refractivity contribution in [2.75, 3.05) is 0 Å². The summed E-state index contributed by atoms with van der Waals surface area (Å²) in [6.07, 6.45) is -12.0. The molecule has 1 rings (SSSR count). The molecular formula is C11H12ClF6NO. The lowest BCUT2D eigenvalue weighted by Crippen LogP contribution is -2.33. The lowest BCUT2D eigenvalue weighted by Gasteiger charge is -2.18. The highest BCUT2D eigenvalue weighted by molar-refractivity contribution is 5.85. The van der Waals surface area contributed by atoms with Gasteiger partial charge in [0.05, 0.1) is 0 Å². The molecule has 0 fully saturated rings. The predicted molar refractivity (Wildman–Crippen MR) is 62.8 cm³/mol. The van der Waals surface area contributed by atoms with Gasteiger partial charge in [-0.05, 0) is 17.7 Å². The second-order valence-electron chi connectivity index (χ2n) is 3.77. The Morgan fingerprint density at radius 1 is 1.15 bits per heavy atom.